The highest BCUT2D eigenvalue weighted by Gasteiger charge is 2.45. The van der Waals surface area contributed by atoms with Crippen LogP contribution in [0.1, 0.15) is 37.3 Å². The minimum atomic E-state index is -3.65. The van der Waals surface area contributed by atoms with Gasteiger partial charge in [-0.2, -0.15) is 9.61 Å². The average Bonchev–Trinajstić information content (AvgIpc) is 3.49. The predicted molar refractivity (Wildman–Crippen MR) is 149 cm³/mol. The van der Waals surface area contributed by atoms with E-state index in [0.717, 1.165) is 35.2 Å². The van der Waals surface area contributed by atoms with E-state index in [9.17, 15) is 13.2 Å². The summed E-state index contributed by atoms with van der Waals surface area (Å²) in [7, 11) is -0.306. The standard InChI is InChI=1S/C28H31N7O3S/c1-29-27-25(39(3,37)38)24(19-13-20-10-11-21(14-19)34(20)28(36)30-2)33-26-22(16-32-35(26)27)18-9-12-23(31-15-18)17-7-5-4-6-8-17/h4-9,12,15-16,19-21,29H,10-11,13-14H2,1-3H3,(H,30,36). The van der Waals surface area contributed by atoms with Gasteiger partial charge >= 0.3 is 6.03 Å². The molecule has 2 saturated heterocycles. The normalized spacial score (nSPS) is 20.8. The maximum atomic E-state index is 13.2. The highest BCUT2D eigenvalue weighted by Crippen LogP contribution is 2.45. The molecule has 5 heterocycles. The molecule has 202 valence electrons. The number of rotatable bonds is 5. The Morgan fingerprint density at radius 2 is 1.69 bits per heavy atom. The van der Waals surface area contributed by atoms with Crippen LogP contribution in [0, 0.1) is 0 Å². The summed E-state index contributed by atoms with van der Waals surface area (Å²) in [6.45, 7) is 0. The lowest BCUT2D eigenvalue weighted by Gasteiger charge is -2.39. The number of anilines is 1. The number of amides is 2. The summed E-state index contributed by atoms with van der Waals surface area (Å²) in [5.74, 6) is 0.283. The monoisotopic (exact) mass is 545 g/mol. The van der Waals surface area contributed by atoms with E-state index in [2.05, 4.69) is 20.7 Å². The second kappa shape index (κ2) is 9.64. The number of nitrogens with one attached hydrogen (secondary N) is 2. The largest absolute Gasteiger partial charge is 0.372 e. The molecule has 6 rings (SSSR count). The number of urea groups is 1. The maximum absolute atomic E-state index is 13.2. The first-order chi connectivity index (χ1) is 18.8. The molecule has 2 atom stereocenters. The topological polar surface area (TPSA) is 122 Å². The van der Waals surface area contributed by atoms with Crippen molar-refractivity contribution in [2.24, 2.45) is 0 Å². The summed E-state index contributed by atoms with van der Waals surface area (Å²) in [5.41, 5.74) is 4.60. The summed E-state index contributed by atoms with van der Waals surface area (Å²) in [4.78, 5) is 24.3. The van der Waals surface area contributed by atoms with Gasteiger partial charge in [-0.05, 0) is 31.7 Å². The fourth-order valence-corrected chi connectivity index (χ4v) is 7.39. The maximum Gasteiger partial charge on any atom is 0.317 e. The van der Waals surface area contributed by atoms with Crippen molar-refractivity contribution < 1.29 is 13.2 Å². The van der Waals surface area contributed by atoms with Crippen LogP contribution in [0.4, 0.5) is 10.6 Å². The molecule has 3 aromatic heterocycles. The molecule has 2 unspecified atom stereocenters. The first-order valence-corrected chi connectivity index (χ1v) is 15.0. The van der Waals surface area contributed by atoms with Crippen molar-refractivity contribution >= 4 is 27.3 Å². The minimum absolute atomic E-state index is 0.0521. The Bertz CT molecular complexity index is 1640. The molecule has 2 N–H and O–H groups in total. The molecule has 0 saturated carbocycles. The highest BCUT2D eigenvalue weighted by atomic mass is 32.2. The van der Waals surface area contributed by atoms with Crippen molar-refractivity contribution in [2.75, 3.05) is 25.7 Å². The number of pyridine rings is 1. The molecule has 39 heavy (non-hydrogen) atoms. The Balaban J connectivity index is 1.46. The van der Waals surface area contributed by atoms with Crippen LogP contribution in [0.3, 0.4) is 0 Å². The molecule has 4 aromatic rings. The molecule has 1 aromatic carbocycles. The van der Waals surface area contributed by atoms with Crippen molar-refractivity contribution in [1.82, 2.24) is 29.8 Å². The zero-order valence-corrected chi connectivity index (χ0v) is 22.9. The zero-order valence-electron chi connectivity index (χ0n) is 22.1. The zero-order chi connectivity index (χ0) is 27.3. The van der Waals surface area contributed by atoms with Crippen LogP contribution in [0.5, 0.6) is 0 Å². The van der Waals surface area contributed by atoms with Gasteiger partial charge in [0.25, 0.3) is 0 Å². The van der Waals surface area contributed by atoms with Gasteiger partial charge in [0, 0.05) is 61.2 Å². The number of nitrogens with zero attached hydrogens (tertiary/aromatic N) is 5. The fraction of sp³-hybridized carbons (Fsp3) is 0.357. The van der Waals surface area contributed by atoms with E-state index >= 15 is 0 Å². The summed E-state index contributed by atoms with van der Waals surface area (Å²) < 4.78 is 27.9. The molecule has 11 heteroatoms. The molecule has 2 bridgehead atoms. The van der Waals surface area contributed by atoms with Crippen LogP contribution >= 0.6 is 0 Å². The van der Waals surface area contributed by atoms with E-state index < -0.39 is 9.84 Å². The molecular formula is C28H31N7O3S. The van der Waals surface area contributed by atoms with Gasteiger partial charge in [0.05, 0.1) is 17.6 Å². The number of piperidine rings is 1. The van der Waals surface area contributed by atoms with Crippen molar-refractivity contribution in [3.05, 3.63) is 60.6 Å². The Morgan fingerprint density at radius 3 is 2.28 bits per heavy atom. The Kier molecular flexibility index (Phi) is 6.25. The van der Waals surface area contributed by atoms with Gasteiger partial charge in [0.1, 0.15) is 10.7 Å². The number of carbonyl (C=O) groups is 1. The third kappa shape index (κ3) is 4.30. The Labute approximate surface area is 227 Å². The molecular weight excluding hydrogens is 514 g/mol. The number of fused-ring (bicyclic) bond motifs is 3. The summed E-state index contributed by atoms with van der Waals surface area (Å²) in [6.07, 6.45) is 7.85. The molecule has 2 aliphatic rings. The van der Waals surface area contributed by atoms with Gasteiger partial charge < -0.3 is 15.5 Å². The second-order valence-electron chi connectivity index (χ2n) is 10.3. The number of sulfone groups is 1. The van der Waals surface area contributed by atoms with Crippen LogP contribution in [-0.2, 0) is 9.84 Å². The number of hydrogen-bond donors (Lipinski definition) is 2. The van der Waals surface area contributed by atoms with Crippen LogP contribution in [0.25, 0.3) is 28.0 Å². The Morgan fingerprint density at radius 1 is 0.974 bits per heavy atom. The highest BCUT2D eigenvalue weighted by molar-refractivity contribution is 7.91. The molecule has 2 aliphatic heterocycles. The lowest BCUT2D eigenvalue weighted by molar-refractivity contribution is 0.138. The van der Waals surface area contributed by atoms with Gasteiger partial charge in [-0.15, -0.1) is 0 Å². The molecule has 0 spiro atoms. The quantitative estimate of drug-likeness (QED) is 0.389. The third-order valence-corrected chi connectivity index (χ3v) is 9.09. The smallest absolute Gasteiger partial charge is 0.317 e. The number of aromatic nitrogens is 4. The van der Waals surface area contributed by atoms with Gasteiger partial charge in [0.15, 0.2) is 15.5 Å². The van der Waals surface area contributed by atoms with Crippen molar-refractivity contribution in [3.63, 3.8) is 0 Å². The number of carbonyl (C=O) groups excluding carboxylic acids is 1. The van der Waals surface area contributed by atoms with E-state index in [-0.39, 0.29) is 28.9 Å². The van der Waals surface area contributed by atoms with E-state index in [1.54, 1.807) is 31.0 Å². The van der Waals surface area contributed by atoms with Crippen molar-refractivity contribution in [1.29, 1.82) is 0 Å². The van der Waals surface area contributed by atoms with Crippen LogP contribution in [-0.4, -0.2) is 71.4 Å². The van der Waals surface area contributed by atoms with Gasteiger partial charge in [0.2, 0.25) is 0 Å². The average molecular weight is 546 g/mol. The third-order valence-electron chi connectivity index (χ3n) is 7.95. The van der Waals surface area contributed by atoms with E-state index in [1.807, 2.05) is 47.4 Å². The first-order valence-electron chi connectivity index (χ1n) is 13.1. The minimum Gasteiger partial charge on any atom is -0.372 e. The summed E-state index contributed by atoms with van der Waals surface area (Å²) >= 11 is 0. The van der Waals surface area contributed by atoms with E-state index in [0.29, 0.717) is 30.0 Å². The lowest BCUT2D eigenvalue weighted by atomic mass is 9.88. The molecule has 0 radical (unpaired) electrons. The molecule has 0 aliphatic carbocycles. The number of hydrogen-bond acceptors (Lipinski definition) is 7. The van der Waals surface area contributed by atoms with E-state index in [1.165, 1.54) is 6.26 Å². The predicted octanol–water partition coefficient (Wildman–Crippen LogP) is 3.95. The van der Waals surface area contributed by atoms with Crippen molar-refractivity contribution in [2.45, 2.75) is 48.6 Å². The summed E-state index contributed by atoms with van der Waals surface area (Å²) in [6, 6.07) is 13.9. The molecule has 2 amide bonds. The van der Waals surface area contributed by atoms with Crippen molar-refractivity contribution in [3.8, 4) is 22.4 Å². The Hall–Kier alpha value is -3.99. The van der Waals surface area contributed by atoms with Crippen LogP contribution in [0.15, 0.2) is 59.8 Å². The van der Waals surface area contributed by atoms with Gasteiger partial charge in [-0.1, -0.05) is 36.4 Å². The van der Waals surface area contributed by atoms with Crippen LogP contribution < -0.4 is 10.6 Å². The summed E-state index contributed by atoms with van der Waals surface area (Å²) in [5, 5.41) is 10.4. The lowest BCUT2D eigenvalue weighted by Crippen LogP contribution is -2.49. The molecule has 10 nitrogen and oxygen atoms in total. The van der Waals surface area contributed by atoms with Gasteiger partial charge in [-0.25, -0.2) is 18.2 Å². The molecule has 2 fully saturated rings. The van der Waals surface area contributed by atoms with Gasteiger partial charge in [-0.3, -0.25) is 4.98 Å². The van der Waals surface area contributed by atoms with E-state index in [4.69, 9.17) is 4.98 Å². The first kappa shape index (κ1) is 25.3. The van der Waals surface area contributed by atoms with Crippen LogP contribution in [0.2, 0.25) is 0 Å². The number of benzene rings is 1. The fourth-order valence-electron chi connectivity index (χ4n) is 6.25. The SMILES string of the molecule is CNC(=O)N1C2CCC1CC(c1nc3c(-c4ccc(-c5ccccc5)nc4)cnn3c(NC)c1S(C)(=O)=O)C2. The second-order valence-corrected chi connectivity index (χ2v) is 12.3.